The average Bonchev–Trinajstić information content (AvgIpc) is 3.74. The van der Waals surface area contributed by atoms with E-state index in [1.165, 1.54) is 0 Å². The lowest BCUT2D eigenvalue weighted by Crippen LogP contribution is -2.55. The van der Waals surface area contributed by atoms with Gasteiger partial charge < -0.3 is 40.3 Å². The number of amides is 4. The molecule has 5 heterocycles. The zero-order chi connectivity index (χ0) is 48.7. The van der Waals surface area contributed by atoms with Gasteiger partial charge in [0.2, 0.25) is 21.8 Å². The number of carboxylic acids is 2. The quantitative estimate of drug-likeness (QED) is 0.0778. The second kappa shape index (κ2) is 19.5. The van der Waals surface area contributed by atoms with Crippen LogP contribution in [0.3, 0.4) is 0 Å². The Morgan fingerprint density at radius 3 is 2.38 bits per heavy atom. The van der Waals surface area contributed by atoms with E-state index in [-0.39, 0.29) is 58.3 Å². The van der Waals surface area contributed by atoms with Crippen LogP contribution in [-0.4, -0.2) is 109 Å². The molecule has 0 bridgehead atoms. The molecule has 8 rings (SSSR count). The van der Waals surface area contributed by atoms with Crippen molar-refractivity contribution < 1.29 is 47.3 Å². The molecule has 1 unspecified atom stereocenters. The van der Waals surface area contributed by atoms with Crippen molar-refractivity contribution in [2.75, 3.05) is 53.7 Å². The summed E-state index contributed by atoms with van der Waals surface area (Å²) in [6.07, 6.45) is 4.17. The number of benzene rings is 3. The number of piperidine rings is 3. The number of likely N-dealkylation sites (tertiary alicyclic amines) is 1. The van der Waals surface area contributed by atoms with Crippen molar-refractivity contribution in [2.45, 2.75) is 82.2 Å². The van der Waals surface area contributed by atoms with E-state index in [1.54, 1.807) is 45.6 Å². The molecule has 2 atom stereocenters. The SMILES string of the molecule is C=C1N(C)c2cc(CC3CCN(C(=O)Nc4cccc(CS(=O)(=O)N5CC[C@H](Nc6cccc(-c7sc(C(=O)O)c(OCC(=O)O)c7Cl)c6)CC5(C)C)c4)CC3)ccc2N1C1CCC(=O)NC1=O. The first kappa shape index (κ1) is 48.3. The lowest BCUT2D eigenvalue weighted by Gasteiger charge is -2.45. The monoisotopic (exact) mass is 987 g/mol. The molecule has 4 aromatic rings. The standard InChI is InChI=1S/C48H54ClN7O10S2/c1-28-53(4)38-23-30(11-12-36(38)56(28)37-13-14-39(57)52-45(37)60)21-29-15-18-54(19-16-29)47(63)51-33-9-5-7-31(22-33)27-68(64,65)55-20-17-35(25-48(55,2)3)50-34-10-6-8-32(24-34)43-41(49)42(66-26-40(58)59)44(67-43)46(61)62/h5-12,22-24,29,35,37,50H,1,13-21,25-27H2,2-4H3,(H,51,63)(H,58,59)(H,61,62)(H,52,57,60)/t35-,37?/m0/s1. The van der Waals surface area contributed by atoms with Crippen LogP contribution in [0, 0.1) is 5.92 Å². The molecule has 3 saturated heterocycles. The highest BCUT2D eigenvalue weighted by Crippen LogP contribution is 2.47. The van der Waals surface area contributed by atoms with Gasteiger partial charge in [0.25, 0.3) is 0 Å². The number of carbonyl (C=O) groups is 5. The number of halogens is 1. The number of carbonyl (C=O) groups excluding carboxylic acids is 3. The van der Waals surface area contributed by atoms with Crippen molar-refractivity contribution in [3.63, 3.8) is 0 Å². The van der Waals surface area contributed by atoms with E-state index >= 15 is 0 Å². The Morgan fingerprint density at radius 1 is 0.941 bits per heavy atom. The van der Waals surface area contributed by atoms with Crippen molar-refractivity contribution in [3.05, 3.63) is 100 Å². The molecule has 0 spiro atoms. The minimum absolute atomic E-state index is 0.00353. The summed E-state index contributed by atoms with van der Waals surface area (Å²) in [6.45, 7) is 8.69. The van der Waals surface area contributed by atoms with Crippen molar-refractivity contribution in [1.29, 1.82) is 0 Å². The molecule has 0 radical (unpaired) electrons. The highest BCUT2D eigenvalue weighted by molar-refractivity contribution is 7.88. The molecule has 68 heavy (non-hydrogen) atoms. The number of hydrogen-bond donors (Lipinski definition) is 5. The molecule has 3 fully saturated rings. The average molecular weight is 989 g/mol. The molecule has 20 heteroatoms. The van der Waals surface area contributed by atoms with Gasteiger partial charge in [-0.25, -0.2) is 22.8 Å². The number of urea groups is 1. The van der Waals surface area contributed by atoms with Crippen LogP contribution in [0.4, 0.5) is 27.5 Å². The van der Waals surface area contributed by atoms with Gasteiger partial charge in [0.1, 0.15) is 16.9 Å². The number of carboxylic acid groups (broad SMARTS) is 2. The van der Waals surface area contributed by atoms with E-state index in [2.05, 4.69) is 34.7 Å². The van der Waals surface area contributed by atoms with Gasteiger partial charge in [0.15, 0.2) is 17.2 Å². The Kier molecular flexibility index (Phi) is 13.8. The lowest BCUT2D eigenvalue weighted by molar-refractivity contribution is -0.139. The fraction of sp³-hybridized carbons (Fsp3) is 0.396. The van der Waals surface area contributed by atoms with Gasteiger partial charge in [-0.05, 0) is 111 Å². The number of nitrogens with zero attached hydrogens (tertiary/aromatic N) is 4. The summed E-state index contributed by atoms with van der Waals surface area (Å²) in [6, 6.07) is 19.5. The largest absolute Gasteiger partial charge is 0.479 e. The normalized spacial score (nSPS) is 19.9. The van der Waals surface area contributed by atoms with E-state index in [1.807, 2.05) is 48.9 Å². The minimum Gasteiger partial charge on any atom is -0.479 e. The molecule has 5 N–H and O–H groups in total. The number of rotatable bonds is 14. The molecule has 4 amide bonds. The third-order valence-electron chi connectivity index (χ3n) is 13.1. The van der Waals surface area contributed by atoms with E-state index in [0.29, 0.717) is 65.8 Å². The van der Waals surface area contributed by atoms with Gasteiger partial charge in [0, 0.05) is 56.1 Å². The second-order valence-corrected chi connectivity index (χ2v) is 21.6. The van der Waals surface area contributed by atoms with Crippen molar-refractivity contribution in [2.24, 2.45) is 5.92 Å². The number of nitrogens with one attached hydrogen (secondary N) is 3. The summed E-state index contributed by atoms with van der Waals surface area (Å²) < 4.78 is 34.9. The molecule has 4 aliphatic rings. The fourth-order valence-electron chi connectivity index (χ4n) is 9.78. The van der Waals surface area contributed by atoms with E-state index in [0.717, 1.165) is 53.2 Å². The molecule has 3 aromatic carbocycles. The van der Waals surface area contributed by atoms with Crippen molar-refractivity contribution in [3.8, 4) is 16.2 Å². The smallest absolute Gasteiger partial charge is 0.349 e. The summed E-state index contributed by atoms with van der Waals surface area (Å²) >= 11 is 7.41. The van der Waals surface area contributed by atoms with Crippen LogP contribution in [0.5, 0.6) is 5.75 Å². The van der Waals surface area contributed by atoms with Crippen molar-refractivity contribution in [1.82, 2.24) is 14.5 Å². The zero-order valence-corrected chi connectivity index (χ0v) is 40.3. The first-order valence-electron chi connectivity index (χ1n) is 22.4. The maximum absolute atomic E-state index is 14.0. The van der Waals surface area contributed by atoms with E-state index < -0.39 is 40.1 Å². The van der Waals surface area contributed by atoms with Gasteiger partial charge in [-0.15, -0.1) is 11.3 Å². The summed E-state index contributed by atoms with van der Waals surface area (Å²) in [4.78, 5) is 66.8. The number of hydrogen-bond acceptors (Lipinski definition) is 12. The van der Waals surface area contributed by atoms with Crippen molar-refractivity contribution >= 4 is 85.5 Å². The number of aromatic carboxylic acids is 1. The maximum atomic E-state index is 14.0. The molecule has 4 aliphatic heterocycles. The molecule has 0 aliphatic carbocycles. The third-order valence-corrected chi connectivity index (χ3v) is 16.8. The lowest BCUT2D eigenvalue weighted by atomic mass is 9.89. The molecule has 0 saturated carbocycles. The van der Waals surface area contributed by atoms with E-state index in [9.17, 15) is 37.5 Å². The number of imide groups is 1. The molecule has 360 valence electrons. The summed E-state index contributed by atoms with van der Waals surface area (Å²) in [5.74, 6) is -2.54. The predicted molar refractivity (Wildman–Crippen MR) is 261 cm³/mol. The van der Waals surface area contributed by atoms with E-state index in [4.69, 9.17) is 21.4 Å². The number of aliphatic carboxylic acids is 1. The Labute approximate surface area is 403 Å². The molecular formula is C48H54ClN7O10S2. The highest BCUT2D eigenvalue weighted by Gasteiger charge is 2.42. The highest BCUT2D eigenvalue weighted by atomic mass is 35.5. The topological polar surface area (TPSA) is 218 Å². The number of fused-ring (bicyclic) bond motifs is 1. The van der Waals surface area contributed by atoms with Gasteiger partial charge in [-0.3, -0.25) is 14.9 Å². The number of sulfonamides is 1. The number of anilines is 4. The van der Waals surface area contributed by atoms with Crippen LogP contribution < -0.4 is 30.5 Å². The van der Waals surface area contributed by atoms with Gasteiger partial charge in [-0.2, -0.15) is 4.31 Å². The van der Waals surface area contributed by atoms with Crippen LogP contribution in [0.25, 0.3) is 10.4 Å². The van der Waals surface area contributed by atoms with Crippen LogP contribution in [0.15, 0.2) is 79.1 Å². The molecule has 1 aromatic heterocycles. The summed E-state index contributed by atoms with van der Waals surface area (Å²) in [5, 5.41) is 27.7. The predicted octanol–water partition coefficient (Wildman–Crippen LogP) is 7.43. The van der Waals surface area contributed by atoms with Gasteiger partial charge >= 0.3 is 18.0 Å². The first-order chi connectivity index (χ1) is 32.3. The van der Waals surface area contributed by atoms with Crippen LogP contribution in [-0.2, 0) is 36.6 Å². The fourth-order valence-corrected chi connectivity index (χ4v) is 13.2. The number of thiophene rings is 1. The zero-order valence-electron chi connectivity index (χ0n) is 37.9. The van der Waals surface area contributed by atoms with Crippen LogP contribution in [0.1, 0.15) is 73.2 Å². The summed E-state index contributed by atoms with van der Waals surface area (Å²) in [7, 11) is -1.87. The summed E-state index contributed by atoms with van der Waals surface area (Å²) in [5.41, 5.74) is 4.62. The Balaban J connectivity index is 0.831. The third kappa shape index (κ3) is 10.3. The Hall–Kier alpha value is -6.15. The minimum atomic E-state index is -3.79. The van der Waals surface area contributed by atoms with Gasteiger partial charge in [0.05, 0.1) is 22.0 Å². The first-order valence-corrected chi connectivity index (χ1v) is 25.2. The maximum Gasteiger partial charge on any atom is 0.349 e. The Bertz CT molecular complexity index is 2790. The molecule has 17 nitrogen and oxygen atoms in total. The van der Waals surface area contributed by atoms with Crippen LogP contribution in [0.2, 0.25) is 5.02 Å². The van der Waals surface area contributed by atoms with Crippen LogP contribution >= 0.6 is 22.9 Å². The number of ether oxygens (including phenoxy) is 1. The molecular weight excluding hydrogens is 934 g/mol. The van der Waals surface area contributed by atoms with Gasteiger partial charge in [-0.1, -0.05) is 48.5 Å². The second-order valence-electron chi connectivity index (χ2n) is 18.3. The Morgan fingerprint density at radius 2 is 1.68 bits per heavy atom.